The lowest BCUT2D eigenvalue weighted by Crippen LogP contribution is -2.33. The van der Waals surface area contributed by atoms with Crippen molar-refractivity contribution in [3.63, 3.8) is 0 Å². The van der Waals surface area contributed by atoms with Gasteiger partial charge in [0, 0.05) is 6.61 Å². The Labute approximate surface area is 185 Å². The third-order valence-corrected chi connectivity index (χ3v) is 4.20. The fraction of sp³-hybridized carbons (Fsp3) is 0.440. The quantitative estimate of drug-likeness (QED) is 0.468. The maximum atomic E-state index is 10.2. The molecule has 172 valence electrons. The van der Waals surface area contributed by atoms with Crippen molar-refractivity contribution in [3.8, 4) is 0 Å². The normalized spacial score (nSPS) is 10.6. The molecule has 0 radical (unpaired) electrons. The lowest BCUT2D eigenvalue weighted by molar-refractivity contribution is -0.0193. The van der Waals surface area contributed by atoms with Crippen molar-refractivity contribution in [1.29, 1.82) is 0 Å². The Bertz CT molecular complexity index is 682. The summed E-state index contributed by atoms with van der Waals surface area (Å²) in [5, 5.41) is 35.8. The number of carboxylic acid groups (broad SMARTS) is 2. The number of carbonyl (C=O) groups is 2. The van der Waals surface area contributed by atoms with Crippen LogP contribution in [0.3, 0.4) is 0 Å². The van der Waals surface area contributed by atoms with Crippen LogP contribution in [0.4, 0.5) is 0 Å². The Balaban J connectivity index is 0.000000445. The smallest absolute Gasteiger partial charge is 0.335 e. The third kappa shape index (κ3) is 14.0. The summed E-state index contributed by atoms with van der Waals surface area (Å²) >= 11 is 0. The molecule has 0 atom stereocenters. The van der Waals surface area contributed by atoms with Crippen LogP contribution in [-0.4, -0.2) is 44.6 Å². The van der Waals surface area contributed by atoms with Gasteiger partial charge in [0.25, 0.3) is 0 Å². The number of hydrogen-bond acceptors (Lipinski definition) is 4. The minimum Gasteiger partial charge on any atom is -0.478 e. The molecule has 2 aromatic rings. The zero-order valence-electron chi connectivity index (χ0n) is 18.9. The number of aromatic carboxylic acids is 2. The summed E-state index contributed by atoms with van der Waals surface area (Å²) in [6.07, 6.45) is 2.07. The highest BCUT2D eigenvalue weighted by Gasteiger charge is 2.28. The van der Waals surface area contributed by atoms with Crippen LogP contribution >= 0.6 is 0 Å². The molecule has 2 rings (SSSR count). The highest BCUT2D eigenvalue weighted by molar-refractivity contribution is 5.87. The van der Waals surface area contributed by atoms with E-state index in [-0.39, 0.29) is 6.61 Å². The highest BCUT2D eigenvalue weighted by atomic mass is 16.4. The molecule has 0 amide bonds. The van der Waals surface area contributed by atoms with Gasteiger partial charge in [-0.1, -0.05) is 64.1 Å². The largest absolute Gasteiger partial charge is 0.478 e. The monoisotopic (exact) mass is 432 g/mol. The molecule has 6 heteroatoms. The lowest BCUT2D eigenvalue weighted by Gasteiger charge is -2.31. The van der Waals surface area contributed by atoms with Gasteiger partial charge in [-0.05, 0) is 55.4 Å². The van der Waals surface area contributed by atoms with Gasteiger partial charge in [-0.25, -0.2) is 9.59 Å². The van der Waals surface area contributed by atoms with E-state index in [4.69, 9.17) is 15.3 Å². The summed E-state index contributed by atoms with van der Waals surface area (Å²) in [4.78, 5) is 20.4. The van der Waals surface area contributed by atoms with E-state index in [2.05, 4.69) is 27.7 Å². The molecule has 0 unspecified atom stereocenters. The molecule has 0 saturated heterocycles. The molecule has 0 aliphatic heterocycles. The minimum atomic E-state index is -0.879. The minimum absolute atomic E-state index is 0.0793. The predicted molar refractivity (Wildman–Crippen MR) is 122 cm³/mol. The molecular formula is C25H36O6. The summed E-state index contributed by atoms with van der Waals surface area (Å²) in [6.45, 7) is 8.48. The summed E-state index contributed by atoms with van der Waals surface area (Å²) < 4.78 is 0. The Kier molecular flexibility index (Phi) is 13.8. The Morgan fingerprint density at radius 2 is 1.06 bits per heavy atom. The molecule has 0 aromatic heterocycles. The number of hydrogen-bond donors (Lipinski definition) is 4. The molecule has 31 heavy (non-hydrogen) atoms. The van der Waals surface area contributed by atoms with Gasteiger partial charge < -0.3 is 20.4 Å². The SMILES string of the molecule is CC(C)CC(O)(CCO)CC(C)C.O=C(O)c1ccccc1.O=C(O)c1ccccc1. The second-order valence-electron chi connectivity index (χ2n) is 8.24. The fourth-order valence-corrected chi connectivity index (χ4v) is 3.18. The molecule has 0 spiro atoms. The van der Waals surface area contributed by atoms with Crippen molar-refractivity contribution in [2.75, 3.05) is 6.61 Å². The molecular weight excluding hydrogens is 396 g/mol. The number of carboxylic acids is 2. The molecule has 0 fully saturated rings. The first-order valence-corrected chi connectivity index (χ1v) is 10.4. The number of benzene rings is 2. The zero-order chi connectivity index (χ0) is 23.9. The summed E-state index contributed by atoms with van der Waals surface area (Å²) in [5.41, 5.74) is 0.00637. The maximum absolute atomic E-state index is 10.2. The fourth-order valence-electron chi connectivity index (χ4n) is 3.18. The first-order chi connectivity index (χ1) is 14.5. The van der Waals surface area contributed by atoms with Gasteiger partial charge >= 0.3 is 11.9 Å². The van der Waals surface area contributed by atoms with Gasteiger partial charge in [0.1, 0.15) is 0 Å². The van der Waals surface area contributed by atoms with Crippen LogP contribution in [0.1, 0.15) is 67.7 Å². The van der Waals surface area contributed by atoms with Crippen molar-refractivity contribution < 1.29 is 30.0 Å². The number of aliphatic hydroxyl groups is 2. The van der Waals surface area contributed by atoms with E-state index in [1.54, 1.807) is 60.7 Å². The van der Waals surface area contributed by atoms with Crippen molar-refractivity contribution >= 4 is 11.9 Å². The Morgan fingerprint density at radius 3 is 1.26 bits per heavy atom. The van der Waals surface area contributed by atoms with Gasteiger partial charge in [0.2, 0.25) is 0 Å². The molecule has 0 aliphatic carbocycles. The average Bonchev–Trinajstić information content (AvgIpc) is 2.69. The van der Waals surface area contributed by atoms with Crippen molar-refractivity contribution in [2.45, 2.75) is 52.6 Å². The van der Waals surface area contributed by atoms with Gasteiger partial charge in [0.05, 0.1) is 16.7 Å². The lowest BCUT2D eigenvalue weighted by atomic mass is 9.83. The standard InChI is InChI=1S/C11H24O2.2C7H6O2/c1-9(2)7-11(13,5-6-12)8-10(3)4;2*8-7(9)6-4-2-1-3-5-6/h9-10,12-13H,5-8H2,1-4H3;2*1-5H,(H,8,9). The Morgan fingerprint density at radius 1 is 0.742 bits per heavy atom. The van der Waals surface area contributed by atoms with E-state index in [0.29, 0.717) is 29.4 Å². The summed E-state index contributed by atoms with van der Waals surface area (Å²) in [7, 11) is 0. The van der Waals surface area contributed by atoms with E-state index < -0.39 is 17.5 Å². The van der Waals surface area contributed by atoms with Gasteiger partial charge in [-0.15, -0.1) is 0 Å². The maximum Gasteiger partial charge on any atom is 0.335 e. The van der Waals surface area contributed by atoms with Crippen LogP contribution in [0.5, 0.6) is 0 Å². The molecule has 0 heterocycles. The molecule has 0 saturated carbocycles. The van der Waals surface area contributed by atoms with Crippen LogP contribution in [0.25, 0.3) is 0 Å². The topological polar surface area (TPSA) is 115 Å². The second kappa shape index (κ2) is 15.2. The highest BCUT2D eigenvalue weighted by Crippen LogP contribution is 2.27. The van der Waals surface area contributed by atoms with Crippen LogP contribution in [0, 0.1) is 11.8 Å². The zero-order valence-corrected chi connectivity index (χ0v) is 18.9. The van der Waals surface area contributed by atoms with Gasteiger partial charge in [-0.2, -0.15) is 0 Å². The molecule has 0 bridgehead atoms. The summed E-state index contributed by atoms with van der Waals surface area (Å²) in [5.74, 6) is -0.795. The molecule has 6 nitrogen and oxygen atoms in total. The van der Waals surface area contributed by atoms with Gasteiger partial charge in [-0.3, -0.25) is 0 Å². The van der Waals surface area contributed by atoms with Crippen molar-refractivity contribution in [1.82, 2.24) is 0 Å². The number of rotatable bonds is 8. The number of aliphatic hydroxyl groups excluding tert-OH is 1. The Hall–Kier alpha value is -2.70. The van der Waals surface area contributed by atoms with E-state index in [9.17, 15) is 14.7 Å². The van der Waals surface area contributed by atoms with Crippen molar-refractivity contribution in [3.05, 3.63) is 71.8 Å². The van der Waals surface area contributed by atoms with Crippen molar-refractivity contribution in [2.24, 2.45) is 11.8 Å². The van der Waals surface area contributed by atoms with Gasteiger partial charge in [0.15, 0.2) is 0 Å². The molecule has 4 N–H and O–H groups in total. The first-order valence-electron chi connectivity index (χ1n) is 10.4. The average molecular weight is 433 g/mol. The van der Waals surface area contributed by atoms with E-state index in [1.165, 1.54) is 0 Å². The predicted octanol–water partition coefficient (Wildman–Crippen LogP) is 4.96. The van der Waals surface area contributed by atoms with E-state index in [1.807, 2.05) is 0 Å². The third-order valence-electron chi connectivity index (χ3n) is 4.20. The van der Waals surface area contributed by atoms with E-state index >= 15 is 0 Å². The van der Waals surface area contributed by atoms with Crippen LogP contribution < -0.4 is 0 Å². The first kappa shape index (κ1) is 28.3. The van der Waals surface area contributed by atoms with Crippen LogP contribution in [0.15, 0.2) is 60.7 Å². The summed E-state index contributed by atoms with van der Waals surface area (Å²) in [6, 6.07) is 16.6. The van der Waals surface area contributed by atoms with Crippen LogP contribution in [0.2, 0.25) is 0 Å². The molecule has 2 aromatic carbocycles. The second-order valence-corrected chi connectivity index (χ2v) is 8.24. The van der Waals surface area contributed by atoms with E-state index in [0.717, 1.165) is 12.8 Å². The molecule has 0 aliphatic rings. The van der Waals surface area contributed by atoms with Crippen LogP contribution in [-0.2, 0) is 0 Å².